The van der Waals surface area contributed by atoms with Gasteiger partial charge in [-0.2, -0.15) is 0 Å². The average molecular weight is 249 g/mol. The van der Waals surface area contributed by atoms with E-state index in [1.165, 1.54) is 0 Å². The number of para-hydroxylation sites is 1. The van der Waals surface area contributed by atoms with E-state index in [1.54, 1.807) is 0 Å². The molecule has 0 saturated carbocycles. The summed E-state index contributed by atoms with van der Waals surface area (Å²) in [6.45, 7) is 1.88. The fraction of sp³-hybridized carbons (Fsp3) is 0.462. The van der Waals surface area contributed by atoms with Gasteiger partial charge in [-0.1, -0.05) is 12.1 Å². The number of rotatable bonds is 3. The number of carboxylic acids is 1. The maximum Gasteiger partial charge on any atom is 0.305 e. The molecule has 3 N–H and O–H groups in total. The lowest BCUT2D eigenvalue weighted by molar-refractivity contribution is -0.137. The highest BCUT2D eigenvalue weighted by atomic mass is 16.4. The van der Waals surface area contributed by atoms with Crippen molar-refractivity contribution in [2.75, 3.05) is 37.0 Å². The normalized spacial score (nSPS) is 16.4. The molecule has 5 nitrogen and oxygen atoms in total. The predicted molar refractivity (Wildman–Crippen MR) is 72.2 cm³/mol. The Kier molecular flexibility index (Phi) is 3.43. The third-order valence-corrected chi connectivity index (χ3v) is 3.40. The summed E-state index contributed by atoms with van der Waals surface area (Å²) in [5.41, 5.74) is 9.08. The molecule has 1 aromatic carbocycles. The Bertz CT molecular complexity index is 462. The number of carboxylic acid groups (broad SMARTS) is 1. The summed E-state index contributed by atoms with van der Waals surface area (Å²) in [7, 11) is 4.06. The van der Waals surface area contributed by atoms with Gasteiger partial charge in [0.15, 0.2) is 0 Å². The molecule has 0 fully saturated rings. The van der Waals surface area contributed by atoms with E-state index in [9.17, 15) is 4.79 Å². The van der Waals surface area contributed by atoms with Crippen molar-refractivity contribution in [2.45, 2.75) is 12.5 Å². The van der Waals surface area contributed by atoms with Gasteiger partial charge in [-0.25, -0.2) is 0 Å². The molecular formula is C13H19N3O2. The summed E-state index contributed by atoms with van der Waals surface area (Å²) < 4.78 is 0. The Morgan fingerprint density at radius 1 is 1.39 bits per heavy atom. The highest BCUT2D eigenvalue weighted by Crippen LogP contribution is 2.37. The highest BCUT2D eigenvalue weighted by molar-refractivity contribution is 5.78. The summed E-state index contributed by atoms with van der Waals surface area (Å²) in [6.07, 6.45) is -0.0476. The van der Waals surface area contributed by atoms with Crippen LogP contribution < -0.4 is 15.5 Å². The predicted octanol–water partition coefficient (Wildman–Crippen LogP) is 1.05. The van der Waals surface area contributed by atoms with Gasteiger partial charge in [0.25, 0.3) is 0 Å². The number of benzene rings is 1. The first-order valence-electron chi connectivity index (χ1n) is 6.03. The summed E-state index contributed by atoms with van der Waals surface area (Å²) >= 11 is 0. The SMILES string of the molecule is CN1CCN(C)c2c(C(N)CC(=O)O)cccc21. The molecule has 0 radical (unpaired) electrons. The third-order valence-electron chi connectivity index (χ3n) is 3.40. The van der Waals surface area contributed by atoms with Crippen molar-refractivity contribution in [1.29, 1.82) is 0 Å². The van der Waals surface area contributed by atoms with Crippen LogP contribution in [0.1, 0.15) is 18.0 Å². The van der Waals surface area contributed by atoms with Crippen molar-refractivity contribution < 1.29 is 9.90 Å². The Hall–Kier alpha value is -1.75. The zero-order valence-electron chi connectivity index (χ0n) is 10.8. The maximum absolute atomic E-state index is 10.8. The third kappa shape index (κ3) is 2.26. The second-order valence-electron chi connectivity index (χ2n) is 4.76. The van der Waals surface area contributed by atoms with Crippen molar-refractivity contribution in [2.24, 2.45) is 5.73 Å². The minimum atomic E-state index is -0.869. The van der Waals surface area contributed by atoms with E-state index >= 15 is 0 Å². The molecule has 18 heavy (non-hydrogen) atoms. The number of hydrogen-bond acceptors (Lipinski definition) is 4. The number of likely N-dealkylation sites (N-methyl/N-ethyl adjacent to an activating group) is 2. The van der Waals surface area contributed by atoms with Gasteiger partial charge in [0.2, 0.25) is 0 Å². The number of anilines is 2. The van der Waals surface area contributed by atoms with Gasteiger partial charge >= 0.3 is 5.97 Å². The molecule has 0 bridgehead atoms. The van der Waals surface area contributed by atoms with Gasteiger partial charge < -0.3 is 20.6 Å². The van der Waals surface area contributed by atoms with Gasteiger partial charge in [-0.3, -0.25) is 4.79 Å². The van der Waals surface area contributed by atoms with Gasteiger partial charge in [0.05, 0.1) is 17.8 Å². The smallest absolute Gasteiger partial charge is 0.305 e. The molecule has 1 aliphatic rings. The summed E-state index contributed by atoms with van der Waals surface area (Å²) in [4.78, 5) is 15.1. The molecule has 0 spiro atoms. The van der Waals surface area contributed by atoms with Crippen molar-refractivity contribution in [3.63, 3.8) is 0 Å². The van der Waals surface area contributed by atoms with E-state index in [0.29, 0.717) is 0 Å². The van der Waals surface area contributed by atoms with Gasteiger partial charge in [-0.15, -0.1) is 0 Å². The van der Waals surface area contributed by atoms with Crippen LogP contribution in [0.25, 0.3) is 0 Å². The van der Waals surface area contributed by atoms with Crippen LogP contribution in [0, 0.1) is 0 Å². The van der Waals surface area contributed by atoms with Crippen molar-refractivity contribution in [3.05, 3.63) is 23.8 Å². The molecule has 0 saturated heterocycles. The first-order chi connectivity index (χ1) is 8.50. The second-order valence-corrected chi connectivity index (χ2v) is 4.76. The molecular weight excluding hydrogens is 230 g/mol. The molecule has 2 rings (SSSR count). The molecule has 1 atom stereocenters. The maximum atomic E-state index is 10.8. The fourth-order valence-corrected chi connectivity index (χ4v) is 2.40. The Balaban J connectivity index is 2.42. The standard InChI is InChI=1S/C13H19N3O2/c1-15-6-7-16(2)13-9(4-3-5-11(13)15)10(14)8-12(17)18/h3-5,10H,6-8,14H2,1-2H3,(H,17,18). The first kappa shape index (κ1) is 12.7. The van der Waals surface area contributed by atoms with Crippen molar-refractivity contribution in [3.8, 4) is 0 Å². The van der Waals surface area contributed by atoms with E-state index in [2.05, 4.69) is 9.80 Å². The average Bonchev–Trinajstić information content (AvgIpc) is 2.32. The van der Waals surface area contributed by atoms with Gasteiger partial charge in [0, 0.05) is 33.2 Å². The Morgan fingerprint density at radius 3 is 2.72 bits per heavy atom. The summed E-state index contributed by atoms with van der Waals surface area (Å²) in [5.74, 6) is -0.869. The lowest BCUT2D eigenvalue weighted by Crippen LogP contribution is -2.38. The Labute approximate surface area is 107 Å². The number of aliphatic carboxylic acids is 1. The van der Waals surface area contributed by atoms with Crippen LogP contribution in [0.4, 0.5) is 11.4 Å². The zero-order chi connectivity index (χ0) is 13.3. The molecule has 98 valence electrons. The Morgan fingerprint density at radius 2 is 2.06 bits per heavy atom. The molecule has 1 aliphatic heterocycles. The highest BCUT2D eigenvalue weighted by Gasteiger charge is 2.24. The number of fused-ring (bicyclic) bond motifs is 1. The molecule has 0 amide bonds. The fourth-order valence-electron chi connectivity index (χ4n) is 2.40. The molecule has 1 aromatic rings. The molecule has 5 heteroatoms. The van der Waals surface area contributed by atoms with Crippen LogP contribution >= 0.6 is 0 Å². The minimum absolute atomic E-state index is 0.0476. The molecule has 1 heterocycles. The van der Waals surface area contributed by atoms with Crippen molar-refractivity contribution >= 4 is 17.3 Å². The molecule has 0 aliphatic carbocycles. The zero-order valence-corrected chi connectivity index (χ0v) is 10.8. The van der Waals surface area contributed by atoms with Gasteiger partial charge in [0.1, 0.15) is 0 Å². The van der Waals surface area contributed by atoms with E-state index in [-0.39, 0.29) is 6.42 Å². The number of nitrogens with two attached hydrogens (primary N) is 1. The van der Waals surface area contributed by atoms with Gasteiger partial charge in [-0.05, 0) is 11.6 Å². The quantitative estimate of drug-likeness (QED) is 0.838. The summed E-state index contributed by atoms with van der Waals surface area (Å²) in [6, 6.07) is 5.43. The molecule has 1 unspecified atom stereocenters. The van der Waals surface area contributed by atoms with E-state index in [1.807, 2.05) is 32.3 Å². The van der Waals surface area contributed by atoms with E-state index < -0.39 is 12.0 Å². The van der Waals surface area contributed by atoms with Crippen LogP contribution in [-0.2, 0) is 4.79 Å². The van der Waals surface area contributed by atoms with Crippen LogP contribution in [0.3, 0.4) is 0 Å². The largest absolute Gasteiger partial charge is 0.481 e. The number of carbonyl (C=O) groups is 1. The summed E-state index contributed by atoms with van der Waals surface area (Å²) in [5, 5.41) is 8.86. The topological polar surface area (TPSA) is 69.8 Å². The lowest BCUT2D eigenvalue weighted by atomic mass is 9.99. The van der Waals surface area contributed by atoms with E-state index in [0.717, 1.165) is 30.0 Å². The van der Waals surface area contributed by atoms with Crippen LogP contribution in [-0.4, -0.2) is 38.3 Å². The first-order valence-corrected chi connectivity index (χ1v) is 6.03. The van der Waals surface area contributed by atoms with Crippen LogP contribution in [0.2, 0.25) is 0 Å². The van der Waals surface area contributed by atoms with Crippen molar-refractivity contribution in [1.82, 2.24) is 0 Å². The lowest BCUT2D eigenvalue weighted by Gasteiger charge is -2.37. The van der Waals surface area contributed by atoms with E-state index in [4.69, 9.17) is 10.8 Å². The molecule has 0 aromatic heterocycles. The minimum Gasteiger partial charge on any atom is -0.481 e. The number of hydrogen-bond donors (Lipinski definition) is 2. The van der Waals surface area contributed by atoms with Crippen LogP contribution in [0.15, 0.2) is 18.2 Å². The monoisotopic (exact) mass is 249 g/mol. The van der Waals surface area contributed by atoms with Crippen LogP contribution in [0.5, 0.6) is 0 Å². The second kappa shape index (κ2) is 4.86. The number of nitrogens with zero attached hydrogens (tertiary/aromatic N) is 2.